The first-order valence-corrected chi connectivity index (χ1v) is 5.36. The summed E-state index contributed by atoms with van der Waals surface area (Å²) in [6.45, 7) is -2.95. The molecule has 0 spiro atoms. The number of nitrogens with zero attached hydrogens (tertiary/aromatic N) is 1. The molecule has 5 N–H and O–H groups in total. The van der Waals surface area contributed by atoms with Gasteiger partial charge in [0.25, 0.3) is 0 Å². The van der Waals surface area contributed by atoms with E-state index in [-0.39, 0.29) is 36.1 Å². The Kier molecular flexibility index (Phi) is 7.58. The van der Waals surface area contributed by atoms with Gasteiger partial charge in [0.15, 0.2) is 12.1 Å². The molecule has 1 saturated carbocycles. The van der Waals surface area contributed by atoms with Crippen molar-refractivity contribution < 1.29 is 61.2 Å². The Morgan fingerprint density at radius 3 is 1.52 bits per heavy atom. The molecule has 0 amide bonds. The number of carboxylic acid groups (broad SMARTS) is 4. The van der Waals surface area contributed by atoms with Gasteiger partial charge >= 0.3 is 11.9 Å². The first-order chi connectivity index (χ1) is 8.65. The number of carbonyl (C=O) groups excluding carboxylic acids is 2. The first-order valence-electron chi connectivity index (χ1n) is 5.36. The van der Waals surface area contributed by atoms with Crippen LogP contribution in [0, 0.1) is 0 Å². The molecular formula is C10H15MnN2O8-. The van der Waals surface area contributed by atoms with Crippen LogP contribution in [0.1, 0.15) is 12.8 Å². The van der Waals surface area contributed by atoms with Crippen LogP contribution in [0.25, 0.3) is 0 Å². The van der Waals surface area contributed by atoms with Crippen molar-refractivity contribution >= 4 is 23.9 Å². The monoisotopic (exact) mass is 346 g/mol. The molecule has 1 aliphatic rings. The van der Waals surface area contributed by atoms with E-state index in [1.54, 1.807) is 0 Å². The van der Waals surface area contributed by atoms with Gasteiger partial charge in [-0.05, 0) is 0 Å². The molecular weight excluding hydrogens is 331 g/mol. The van der Waals surface area contributed by atoms with Gasteiger partial charge in [-0.1, -0.05) is 0 Å². The minimum atomic E-state index is -1.71. The molecule has 0 aromatic rings. The van der Waals surface area contributed by atoms with Crippen molar-refractivity contribution in [3.05, 3.63) is 0 Å². The van der Waals surface area contributed by atoms with Crippen LogP contribution in [0.3, 0.4) is 0 Å². The number of quaternary nitrogens is 1. The number of carbonyl (C=O) groups is 4. The van der Waals surface area contributed by atoms with Gasteiger partial charge in [-0.2, -0.15) is 0 Å². The summed E-state index contributed by atoms with van der Waals surface area (Å²) in [4.78, 5) is 43.6. The predicted molar refractivity (Wildman–Crippen MR) is 57.1 cm³/mol. The second-order valence-electron chi connectivity index (χ2n) is 4.59. The fourth-order valence-electron chi connectivity index (χ4n) is 2.38. The summed E-state index contributed by atoms with van der Waals surface area (Å²) < 4.78 is -1.14. The Hall–Kier alpha value is -1.68. The molecule has 0 saturated heterocycles. The molecule has 0 heterocycles. The van der Waals surface area contributed by atoms with E-state index in [9.17, 15) is 29.4 Å². The average molecular weight is 346 g/mol. The third kappa shape index (κ3) is 4.39. The van der Waals surface area contributed by atoms with Gasteiger partial charge in [-0.3, -0.25) is 4.48 Å². The summed E-state index contributed by atoms with van der Waals surface area (Å²) >= 11 is 0. The van der Waals surface area contributed by atoms with Crippen molar-refractivity contribution in [3.8, 4) is 0 Å². The fraction of sp³-hybridized carbons (Fsp3) is 0.600. The molecule has 1 fully saturated rings. The zero-order chi connectivity index (χ0) is 14.8. The van der Waals surface area contributed by atoms with Gasteiger partial charge in [0.2, 0.25) is 0 Å². The van der Waals surface area contributed by atoms with Crippen molar-refractivity contribution in [3.63, 3.8) is 0 Å². The van der Waals surface area contributed by atoms with Crippen LogP contribution in [0.5, 0.6) is 0 Å². The van der Waals surface area contributed by atoms with E-state index in [1.165, 1.54) is 0 Å². The van der Waals surface area contributed by atoms with Crippen molar-refractivity contribution in [2.24, 2.45) is 0 Å². The Labute approximate surface area is 130 Å². The van der Waals surface area contributed by atoms with E-state index < -0.39 is 53.5 Å². The number of hydrogen-bond acceptors (Lipinski definition) is 7. The molecule has 11 heteroatoms. The van der Waals surface area contributed by atoms with E-state index in [2.05, 4.69) is 0 Å². The summed E-state index contributed by atoms with van der Waals surface area (Å²) in [7, 11) is 0. The zero-order valence-corrected chi connectivity index (χ0v) is 12.1. The Bertz CT molecular complexity index is 408. The van der Waals surface area contributed by atoms with Gasteiger partial charge in [0.05, 0.1) is 11.9 Å². The maximum absolute atomic E-state index is 11.2. The summed E-state index contributed by atoms with van der Waals surface area (Å²) in [5.74, 6) is -6.34. The molecule has 0 unspecified atom stereocenters. The van der Waals surface area contributed by atoms with Crippen LogP contribution >= 0.6 is 0 Å². The second kappa shape index (κ2) is 7.36. The zero-order valence-electron chi connectivity index (χ0n) is 10.9. The van der Waals surface area contributed by atoms with Crippen LogP contribution < -0.4 is 16.4 Å². The van der Waals surface area contributed by atoms with Gasteiger partial charge in [-0.15, -0.1) is 0 Å². The first kappa shape index (κ1) is 21.6. The number of rotatable bonds is 8. The van der Waals surface area contributed by atoms with Crippen LogP contribution in [0.2, 0.25) is 0 Å². The van der Waals surface area contributed by atoms with E-state index in [1.807, 2.05) is 0 Å². The van der Waals surface area contributed by atoms with E-state index in [0.717, 1.165) is 0 Å². The predicted octanol–water partition coefficient (Wildman–Crippen LogP) is -3.84. The minimum Gasteiger partial charge on any atom is -0.544 e. The van der Waals surface area contributed by atoms with Crippen LogP contribution in [-0.2, 0) is 36.2 Å². The standard InChI is InChI=1S/C10H13NO8.Mn.H3N/c12-6(13)3-11(4-7(14)15,5-8(16)17)10(1-2-10)9(18)19;;/h1-5H2,(H3-,12,13,14,15,16,17,18,19);;1H3/p-1. The third-order valence-electron chi connectivity index (χ3n) is 3.33. The number of carboxylic acids is 4. The van der Waals surface area contributed by atoms with E-state index >= 15 is 0 Å². The number of hydrogen-bond donors (Lipinski definition) is 3. The van der Waals surface area contributed by atoms with Gasteiger partial charge in [0, 0.05) is 29.9 Å². The van der Waals surface area contributed by atoms with Crippen molar-refractivity contribution in [1.82, 2.24) is 6.15 Å². The maximum Gasteiger partial charge on any atom is 0.365 e. The molecule has 0 aromatic carbocycles. The molecule has 121 valence electrons. The summed E-state index contributed by atoms with van der Waals surface area (Å²) in [6.07, 6.45) is 0.0202. The third-order valence-corrected chi connectivity index (χ3v) is 3.33. The maximum atomic E-state index is 11.2. The molecule has 21 heavy (non-hydrogen) atoms. The van der Waals surface area contributed by atoms with Crippen molar-refractivity contribution in [2.75, 3.05) is 19.6 Å². The topological polar surface area (TPSA) is 190 Å². The Morgan fingerprint density at radius 1 is 0.952 bits per heavy atom. The molecule has 0 bridgehead atoms. The van der Waals surface area contributed by atoms with E-state index in [0.29, 0.717) is 0 Å². The normalized spacial score (nSPS) is 15.0. The molecule has 0 aliphatic heterocycles. The Morgan fingerprint density at radius 2 is 1.33 bits per heavy atom. The largest absolute Gasteiger partial charge is 0.544 e. The second-order valence-corrected chi connectivity index (χ2v) is 4.59. The Balaban J connectivity index is 0. The van der Waals surface area contributed by atoms with Gasteiger partial charge in [0.1, 0.15) is 13.1 Å². The molecule has 0 aromatic heterocycles. The van der Waals surface area contributed by atoms with Crippen molar-refractivity contribution in [1.29, 1.82) is 0 Å². The molecule has 10 nitrogen and oxygen atoms in total. The number of aliphatic carboxylic acids is 4. The fourth-order valence-corrected chi connectivity index (χ4v) is 2.38. The van der Waals surface area contributed by atoms with E-state index in [4.69, 9.17) is 10.2 Å². The van der Waals surface area contributed by atoms with Crippen LogP contribution in [-0.4, -0.2) is 63.7 Å². The minimum absolute atomic E-state index is 0. The van der Waals surface area contributed by atoms with Crippen LogP contribution in [0.15, 0.2) is 0 Å². The molecule has 1 aliphatic carbocycles. The van der Waals surface area contributed by atoms with Gasteiger partial charge in [-0.25, -0.2) is 9.59 Å². The molecule has 1 radical (unpaired) electrons. The molecule has 0 atom stereocenters. The van der Waals surface area contributed by atoms with Crippen LogP contribution in [0.4, 0.5) is 0 Å². The quantitative estimate of drug-likeness (QED) is 0.292. The summed E-state index contributed by atoms with van der Waals surface area (Å²) in [5.41, 5.74) is -1.71. The molecule has 1 rings (SSSR count). The van der Waals surface area contributed by atoms with Gasteiger partial charge < -0.3 is 36.2 Å². The SMILES string of the molecule is N.O=C([O-])C[N+](CC(=O)[O-])(CC(=O)O)C1(C(=O)O)CC1.[Mn]. The average Bonchev–Trinajstić information content (AvgIpc) is 2.93. The summed E-state index contributed by atoms with van der Waals surface area (Å²) in [5, 5.41) is 39.5. The smallest absolute Gasteiger partial charge is 0.365 e. The summed E-state index contributed by atoms with van der Waals surface area (Å²) in [6, 6.07) is 0. The van der Waals surface area contributed by atoms with Crippen molar-refractivity contribution in [2.45, 2.75) is 18.4 Å².